The van der Waals surface area contributed by atoms with Gasteiger partial charge in [-0.15, -0.1) is 0 Å². The van der Waals surface area contributed by atoms with Gasteiger partial charge in [0.25, 0.3) is 0 Å². The normalized spacial score (nSPS) is 9.25. The molecule has 2 nitrogen and oxygen atoms in total. The number of carboxylic acids is 1. The van der Waals surface area contributed by atoms with Gasteiger partial charge in [0, 0.05) is 6.42 Å². The molecule has 0 saturated carbocycles. The highest BCUT2D eigenvalue weighted by atomic mass is 35.5. The first-order valence-electron chi connectivity index (χ1n) is 4.80. The minimum absolute atomic E-state index is 0.316. The third-order valence-corrected chi connectivity index (χ3v) is 2.01. The first-order chi connectivity index (χ1) is 7.49. The second-order valence-electron chi connectivity index (χ2n) is 3.03. The molecule has 1 N–H and O–H groups in total. The molecule has 0 radical (unpaired) electrons. The highest BCUT2D eigenvalue weighted by Crippen LogP contribution is 2.16. The lowest BCUT2D eigenvalue weighted by atomic mass is 10.3. The van der Waals surface area contributed by atoms with E-state index in [0.717, 1.165) is 25.0 Å². The number of rotatable bonds is 3. The number of halogens is 3. The Morgan fingerprint density at radius 1 is 1.38 bits per heavy atom. The molecule has 0 aliphatic heterocycles. The number of hydrogen-bond donors (Lipinski definition) is 1. The SMILES string of the molecule is CCCCC(=O)O.Fc1cccc(F)c1Cl. The largest absolute Gasteiger partial charge is 0.481 e. The van der Waals surface area contributed by atoms with Gasteiger partial charge in [-0.05, 0) is 18.6 Å². The first kappa shape index (κ1) is 14.8. The molecule has 1 aromatic carbocycles. The molecule has 0 atom stereocenters. The minimum Gasteiger partial charge on any atom is -0.481 e. The fraction of sp³-hybridized carbons (Fsp3) is 0.364. The number of carbonyl (C=O) groups is 1. The van der Waals surface area contributed by atoms with E-state index in [1.165, 1.54) is 6.07 Å². The highest BCUT2D eigenvalue weighted by Gasteiger charge is 2.02. The Morgan fingerprint density at radius 2 is 1.88 bits per heavy atom. The van der Waals surface area contributed by atoms with Crippen molar-refractivity contribution in [1.82, 2.24) is 0 Å². The molecule has 5 heteroatoms. The molecular formula is C11H13ClF2O2. The van der Waals surface area contributed by atoms with Crippen molar-refractivity contribution in [3.8, 4) is 0 Å². The summed E-state index contributed by atoms with van der Waals surface area (Å²) in [4.78, 5) is 9.76. The monoisotopic (exact) mass is 250 g/mol. The summed E-state index contributed by atoms with van der Waals surface area (Å²) >= 11 is 5.13. The molecule has 0 fully saturated rings. The van der Waals surface area contributed by atoms with Gasteiger partial charge in [0.05, 0.1) is 0 Å². The van der Waals surface area contributed by atoms with Gasteiger partial charge in [-0.2, -0.15) is 0 Å². The van der Waals surface area contributed by atoms with Gasteiger partial charge in [-0.1, -0.05) is 31.0 Å². The van der Waals surface area contributed by atoms with Crippen molar-refractivity contribution >= 4 is 17.6 Å². The molecule has 1 rings (SSSR count). The van der Waals surface area contributed by atoms with Crippen molar-refractivity contribution in [3.63, 3.8) is 0 Å². The van der Waals surface area contributed by atoms with Gasteiger partial charge in [-0.3, -0.25) is 4.79 Å². The summed E-state index contributed by atoms with van der Waals surface area (Å²) in [6, 6.07) is 3.47. The van der Waals surface area contributed by atoms with Crippen LogP contribution in [-0.2, 0) is 4.79 Å². The van der Waals surface area contributed by atoms with E-state index in [-0.39, 0.29) is 0 Å². The zero-order valence-corrected chi connectivity index (χ0v) is 9.60. The Kier molecular flexibility index (Phi) is 7.46. The van der Waals surface area contributed by atoms with Gasteiger partial charge >= 0.3 is 5.97 Å². The van der Waals surface area contributed by atoms with Crippen LogP contribution in [0.2, 0.25) is 5.02 Å². The van der Waals surface area contributed by atoms with Crippen LogP contribution in [0.1, 0.15) is 26.2 Å². The fourth-order valence-corrected chi connectivity index (χ4v) is 0.931. The summed E-state index contributed by atoms with van der Waals surface area (Å²) in [6.07, 6.45) is 2.08. The molecule has 0 unspecified atom stereocenters. The maximum absolute atomic E-state index is 12.2. The molecular weight excluding hydrogens is 238 g/mol. The molecule has 90 valence electrons. The van der Waals surface area contributed by atoms with Crippen LogP contribution in [0.4, 0.5) is 8.78 Å². The van der Waals surface area contributed by atoms with E-state index in [9.17, 15) is 13.6 Å². The van der Waals surface area contributed by atoms with E-state index >= 15 is 0 Å². The molecule has 0 heterocycles. The third kappa shape index (κ3) is 6.35. The third-order valence-electron chi connectivity index (χ3n) is 1.65. The standard InChI is InChI=1S/C6H3ClF2.C5H10O2/c7-6-4(8)2-1-3-5(6)9;1-2-3-4-5(6)7/h1-3H;2-4H2,1H3,(H,6,7). The Hall–Kier alpha value is -1.16. The van der Waals surface area contributed by atoms with Crippen molar-refractivity contribution in [3.05, 3.63) is 34.9 Å². The van der Waals surface area contributed by atoms with Crippen molar-refractivity contribution in [2.24, 2.45) is 0 Å². The van der Waals surface area contributed by atoms with Gasteiger partial charge in [0.2, 0.25) is 0 Å². The summed E-state index contributed by atoms with van der Waals surface area (Å²) in [5.41, 5.74) is 0. The summed E-state index contributed by atoms with van der Waals surface area (Å²) in [5, 5.41) is 7.60. The molecule has 16 heavy (non-hydrogen) atoms. The van der Waals surface area contributed by atoms with Gasteiger partial charge in [-0.25, -0.2) is 8.78 Å². The summed E-state index contributed by atoms with van der Waals surface area (Å²) < 4.78 is 24.4. The minimum atomic E-state index is -0.725. The van der Waals surface area contributed by atoms with E-state index in [0.29, 0.717) is 6.42 Å². The lowest BCUT2D eigenvalue weighted by Crippen LogP contribution is -1.91. The second kappa shape index (κ2) is 8.05. The van der Waals surface area contributed by atoms with Crippen LogP contribution in [0, 0.1) is 11.6 Å². The topological polar surface area (TPSA) is 37.3 Å². The second-order valence-corrected chi connectivity index (χ2v) is 3.41. The zero-order chi connectivity index (χ0) is 12.6. The number of aliphatic carboxylic acids is 1. The van der Waals surface area contributed by atoms with Crippen molar-refractivity contribution in [1.29, 1.82) is 0 Å². The predicted octanol–water partition coefficient (Wildman–Crippen LogP) is 3.88. The Morgan fingerprint density at radius 3 is 2.12 bits per heavy atom. The number of benzene rings is 1. The van der Waals surface area contributed by atoms with Crippen LogP contribution in [-0.4, -0.2) is 11.1 Å². The summed E-state index contributed by atoms with van der Waals surface area (Å²) in [6.45, 7) is 1.98. The molecule has 0 aliphatic rings. The lowest BCUT2D eigenvalue weighted by Gasteiger charge is -1.91. The van der Waals surface area contributed by atoms with E-state index in [1.54, 1.807) is 0 Å². The average Bonchev–Trinajstić information content (AvgIpc) is 2.24. The summed E-state index contributed by atoms with van der Waals surface area (Å²) in [7, 11) is 0. The van der Waals surface area contributed by atoms with Crippen LogP contribution >= 0.6 is 11.6 Å². The maximum atomic E-state index is 12.2. The molecule has 1 aromatic rings. The van der Waals surface area contributed by atoms with E-state index in [4.69, 9.17) is 16.7 Å². The summed E-state index contributed by atoms with van der Waals surface area (Å²) in [5.74, 6) is -2.14. The molecule has 0 spiro atoms. The molecule has 0 aromatic heterocycles. The van der Waals surface area contributed by atoms with Gasteiger partial charge in [0.15, 0.2) is 0 Å². The van der Waals surface area contributed by atoms with E-state index < -0.39 is 22.6 Å². The molecule has 0 bridgehead atoms. The van der Waals surface area contributed by atoms with Gasteiger partial charge < -0.3 is 5.11 Å². The lowest BCUT2D eigenvalue weighted by molar-refractivity contribution is -0.137. The number of unbranched alkanes of at least 4 members (excludes halogenated alkanes) is 1. The molecule has 0 saturated heterocycles. The van der Waals surface area contributed by atoms with Crippen molar-refractivity contribution in [2.45, 2.75) is 26.2 Å². The van der Waals surface area contributed by atoms with Crippen LogP contribution in [0.15, 0.2) is 18.2 Å². The van der Waals surface area contributed by atoms with Crippen molar-refractivity contribution < 1.29 is 18.7 Å². The zero-order valence-electron chi connectivity index (χ0n) is 8.84. The van der Waals surface area contributed by atoms with Crippen LogP contribution in [0.5, 0.6) is 0 Å². The first-order valence-corrected chi connectivity index (χ1v) is 5.18. The van der Waals surface area contributed by atoms with E-state index in [1.807, 2.05) is 6.92 Å². The number of hydrogen-bond acceptors (Lipinski definition) is 1. The number of carboxylic acid groups (broad SMARTS) is 1. The van der Waals surface area contributed by atoms with Crippen LogP contribution in [0.25, 0.3) is 0 Å². The fourth-order valence-electron chi connectivity index (χ4n) is 0.805. The predicted molar refractivity (Wildman–Crippen MR) is 58.5 cm³/mol. The Bertz CT molecular complexity index is 323. The Balaban J connectivity index is 0.000000293. The van der Waals surface area contributed by atoms with Crippen molar-refractivity contribution in [2.75, 3.05) is 0 Å². The van der Waals surface area contributed by atoms with E-state index in [2.05, 4.69) is 0 Å². The molecule has 0 amide bonds. The smallest absolute Gasteiger partial charge is 0.303 e. The van der Waals surface area contributed by atoms with Crippen LogP contribution < -0.4 is 0 Å². The van der Waals surface area contributed by atoms with Crippen LogP contribution in [0.3, 0.4) is 0 Å². The quantitative estimate of drug-likeness (QED) is 0.827. The highest BCUT2D eigenvalue weighted by molar-refractivity contribution is 6.30. The maximum Gasteiger partial charge on any atom is 0.303 e. The van der Waals surface area contributed by atoms with Gasteiger partial charge in [0.1, 0.15) is 16.7 Å². The Labute approximate surface area is 97.9 Å². The average molecular weight is 251 g/mol. The molecule has 0 aliphatic carbocycles.